The SMILES string of the molecule is O=C(O)Cc1ccc(S(=O)(=O)N2CCOCC2)cc1. The Morgan fingerprint density at radius 3 is 2.32 bits per heavy atom. The Morgan fingerprint density at radius 2 is 1.79 bits per heavy atom. The van der Waals surface area contributed by atoms with Gasteiger partial charge in [0.25, 0.3) is 0 Å². The molecule has 1 aromatic rings. The summed E-state index contributed by atoms with van der Waals surface area (Å²) in [6.07, 6.45) is -0.113. The predicted octanol–water partition coefficient (Wildman–Crippen LogP) is 0.335. The molecule has 0 spiro atoms. The molecule has 1 fully saturated rings. The Hall–Kier alpha value is -1.44. The van der Waals surface area contributed by atoms with Gasteiger partial charge in [-0.25, -0.2) is 8.42 Å². The van der Waals surface area contributed by atoms with Crippen LogP contribution in [0.3, 0.4) is 0 Å². The molecule has 19 heavy (non-hydrogen) atoms. The maximum absolute atomic E-state index is 12.3. The second kappa shape index (κ2) is 5.68. The van der Waals surface area contributed by atoms with E-state index in [1.165, 1.54) is 28.6 Å². The second-order valence-corrected chi connectivity index (χ2v) is 6.17. The molecule has 0 aliphatic carbocycles. The molecule has 0 amide bonds. The largest absolute Gasteiger partial charge is 0.481 e. The summed E-state index contributed by atoms with van der Waals surface area (Å²) in [5.74, 6) is -0.941. The molecular weight excluding hydrogens is 270 g/mol. The zero-order valence-electron chi connectivity index (χ0n) is 10.3. The summed E-state index contributed by atoms with van der Waals surface area (Å²) < 4.78 is 31.0. The molecule has 1 aliphatic heterocycles. The number of aliphatic carboxylic acids is 1. The van der Waals surface area contributed by atoms with Crippen molar-refractivity contribution in [2.75, 3.05) is 26.3 Å². The van der Waals surface area contributed by atoms with Crippen LogP contribution in [0.25, 0.3) is 0 Å². The molecule has 0 unspecified atom stereocenters. The van der Waals surface area contributed by atoms with E-state index >= 15 is 0 Å². The molecule has 1 aromatic carbocycles. The van der Waals surface area contributed by atoms with Crippen molar-refractivity contribution < 1.29 is 23.1 Å². The molecule has 6 nitrogen and oxygen atoms in total. The van der Waals surface area contributed by atoms with Crippen molar-refractivity contribution in [3.05, 3.63) is 29.8 Å². The molecule has 0 atom stereocenters. The van der Waals surface area contributed by atoms with Crippen molar-refractivity contribution in [3.8, 4) is 0 Å². The molecule has 0 aromatic heterocycles. The number of nitrogens with zero attached hydrogens (tertiary/aromatic N) is 1. The lowest BCUT2D eigenvalue weighted by molar-refractivity contribution is -0.136. The molecule has 0 saturated carbocycles. The van der Waals surface area contributed by atoms with Crippen LogP contribution in [0.4, 0.5) is 0 Å². The van der Waals surface area contributed by atoms with Crippen molar-refractivity contribution in [1.82, 2.24) is 4.31 Å². The van der Waals surface area contributed by atoms with Gasteiger partial charge in [0, 0.05) is 13.1 Å². The quantitative estimate of drug-likeness (QED) is 0.862. The monoisotopic (exact) mass is 285 g/mol. The summed E-state index contributed by atoms with van der Waals surface area (Å²) in [4.78, 5) is 10.7. The van der Waals surface area contributed by atoms with E-state index in [2.05, 4.69) is 0 Å². The van der Waals surface area contributed by atoms with E-state index in [1.54, 1.807) is 0 Å². The summed E-state index contributed by atoms with van der Waals surface area (Å²) in [6.45, 7) is 1.49. The lowest BCUT2D eigenvalue weighted by Crippen LogP contribution is -2.40. The summed E-state index contributed by atoms with van der Waals surface area (Å²) in [5.41, 5.74) is 0.577. The third-order valence-electron chi connectivity index (χ3n) is 2.89. The summed E-state index contributed by atoms with van der Waals surface area (Å²) in [6, 6.07) is 5.95. The fourth-order valence-electron chi connectivity index (χ4n) is 1.89. The third-order valence-corrected chi connectivity index (χ3v) is 4.80. The summed E-state index contributed by atoms with van der Waals surface area (Å²) in [5, 5.41) is 8.66. The second-order valence-electron chi connectivity index (χ2n) is 4.23. The van der Waals surface area contributed by atoms with E-state index in [1.807, 2.05) is 0 Å². The first-order chi connectivity index (χ1) is 9.00. The maximum atomic E-state index is 12.3. The number of hydrogen-bond acceptors (Lipinski definition) is 4. The lowest BCUT2D eigenvalue weighted by Gasteiger charge is -2.26. The van der Waals surface area contributed by atoms with Crippen molar-refractivity contribution >= 4 is 16.0 Å². The van der Waals surface area contributed by atoms with Crippen molar-refractivity contribution in [2.24, 2.45) is 0 Å². The highest BCUT2D eigenvalue weighted by Crippen LogP contribution is 2.17. The summed E-state index contributed by atoms with van der Waals surface area (Å²) in [7, 11) is -3.50. The number of ether oxygens (including phenoxy) is 1. The van der Waals surface area contributed by atoms with Gasteiger partial charge in [-0.05, 0) is 17.7 Å². The van der Waals surface area contributed by atoms with Gasteiger partial charge in [0.15, 0.2) is 0 Å². The Kier molecular flexibility index (Phi) is 4.18. The minimum Gasteiger partial charge on any atom is -0.481 e. The lowest BCUT2D eigenvalue weighted by atomic mass is 10.2. The highest BCUT2D eigenvalue weighted by molar-refractivity contribution is 7.89. The molecule has 2 rings (SSSR count). The van der Waals surface area contributed by atoms with E-state index in [9.17, 15) is 13.2 Å². The summed E-state index contributed by atoms with van der Waals surface area (Å²) >= 11 is 0. The Bertz CT molecular complexity index is 546. The van der Waals surface area contributed by atoms with Gasteiger partial charge >= 0.3 is 5.97 Å². The molecule has 104 valence electrons. The third kappa shape index (κ3) is 3.31. The van der Waals surface area contributed by atoms with Gasteiger partial charge in [-0.1, -0.05) is 12.1 Å². The first-order valence-electron chi connectivity index (χ1n) is 5.89. The van der Waals surface area contributed by atoms with Crippen LogP contribution in [0.2, 0.25) is 0 Å². The fraction of sp³-hybridized carbons (Fsp3) is 0.417. The Labute approximate surface area is 111 Å². The number of sulfonamides is 1. The van der Waals surface area contributed by atoms with Crippen LogP contribution >= 0.6 is 0 Å². The van der Waals surface area contributed by atoms with Gasteiger partial charge in [0.05, 0.1) is 24.5 Å². The average molecular weight is 285 g/mol. The number of carbonyl (C=O) groups is 1. The van der Waals surface area contributed by atoms with Gasteiger partial charge in [-0.2, -0.15) is 4.31 Å². The smallest absolute Gasteiger partial charge is 0.307 e. The van der Waals surface area contributed by atoms with Crippen LogP contribution in [0, 0.1) is 0 Å². The highest BCUT2D eigenvalue weighted by atomic mass is 32.2. The van der Waals surface area contributed by atoms with Crippen molar-refractivity contribution in [2.45, 2.75) is 11.3 Å². The molecule has 1 heterocycles. The predicted molar refractivity (Wildman–Crippen MR) is 67.4 cm³/mol. The number of carboxylic acids is 1. The Balaban J connectivity index is 2.18. The normalized spacial score (nSPS) is 17.3. The van der Waals surface area contributed by atoms with E-state index in [0.717, 1.165) is 0 Å². The van der Waals surface area contributed by atoms with Crippen LogP contribution in [-0.2, 0) is 26.0 Å². The van der Waals surface area contributed by atoms with E-state index in [-0.39, 0.29) is 11.3 Å². The standard InChI is InChI=1S/C12H15NO5S/c14-12(15)9-10-1-3-11(4-2-10)19(16,17)13-5-7-18-8-6-13/h1-4H,5-9H2,(H,14,15). The number of rotatable bonds is 4. The van der Waals surface area contributed by atoms with Crippen LogP contribution in [0.5, 0.6) is 0 Å². The molecule has 0 bridgehead atoms. The molecular formula is C12H15NO5S. The van der Waals surface area contributed by atoms with Crippen molar-refractivity contribution in [1.29, 1.82) is 0 Å². The highest BCUT2D eigenvalue weighted by Gasteiger charge is 2.26. The first-order valence-corrected chi connectivity index (χ1v) is 7.33. The van der Waals surface area contributed by atoms with Crippen molar-refractivity contribution in [3.63, 3.8) is 0 Å². The Morgan fingerprint density at radius 1 is 1.21 bits per heavy atom. The zero-order chi connectivity index (χ0) is 13.9. The average Bonchev–Trinajstić information content (AvgIpc) is 2.40. The first kappa shape index (κ1) is 14.0. The van der Waals surface area contributed by atoms with Crippen LogP contribution in [0.1, 0.15) is 5.56 Å². The molecule has 1 saturated heterocycles. The molecule has 1 N–H and O–H groups in total. The van der Waals surface area contributed by atoms with Gasteiger partial charge in [-0.15, -0.1) is 0 Å². The number of morpholine rings is 1. The molecule has 1 aliphatic rings. The number of carboxylic acid groups (broad SMARTS) is 1. The zero-order valence-corrected chi connectivity index (χ0v) is 11.1. The molecule has 0 radical (unpaired) electrons. The maximum Gasteiger partial charge on any atom is 0.307 e. The molecule has 7 heteroatoms. The van der Waals surface area contributed by atoms with Crippen LogP contribution in [0.15, 0.2) is 29.2 Å². The van der Waals surface area contributed by atoms with Gasteiger partial charge in [0.2, 0.25) is 10.0 Å². The van der Waals surface area contributed by atoms with Gasteiger partial charge in [-0.3, -0.25) is 4.79 Å². The fourth-order valence-corrected chi connectivity index (χ4v) is 3.30. The minimum absolute atomic E-state index is 0.113. The topological polar surface area (TPSA) is 83.9 Å². The number of benzene rings is 1. The van der Waals surface area contributed by atoms with Gasteiger partial charge < -0.3 is 9.84 Å². The van der Waals surface area contributed by atoms with E-state index in [0.29, 0.717) is 31.9 Å². The number of hydrogen-bond donors (Lipinski definition) is 1. The van der Waals surface area contributed by atoms with Crippen LogP contribution < -0.4 is 0 Å². The van der Waals surface area contributed by atoms with Crippen LogP contribution in [-0.4, -0.2) is 50.1 Å². The van der Waals surface area contributed by atoms with E-state index in [4.69, 9.17) is 9.84 Å². The van der Waals surface area contributed by atoms with Gasteiger partial charge in [0.1, 0.15) is 0 Å². The minimum atomic E-state index is -3.50. The van der Waals surface area contributed by atoms with E-state index < -0.39 is 16.0 Å².